The SMILES string of the molecule is COCc1c(C(=O)N(CC(C)C)[C@@H]2CNC[C@H](C(=O)N3CCOCC3)C2)nnn1-c1ccccc1F. The third-order valence-corrected chi connectivity index (χ3v) is 6.59. The van der Waals surface area contributed by atoms with Crippen molar-refractivity contribution in [2.75, 3.05) is 53.0 Å². The molecule has 1 aromatic carbocycles. The molecule has 0 spiro atoms. The molecule has 0 bridgehead atoms. The largest absolute Gasteiger partial charge is 0.378 e. The number of aromatic nitrogens is 3. The summed E-state index contributed by atoms with van der Waals surface area (Å²) in [5, 5.41) is 11.6. The number of hydrogen-bond acceptors (Lipinski definition) is 7. The van der Waals surface area contributed by atoms with Gasteiger partial charge in [-0.25, -0.2) is 9.07 Å². The Kier molecular flexibility index (Phi) is 8.65. The summed E-state index contributed by atoms with van der Waals surface area (Å²) in [6.45, 7) is 8.05. The van der Waals surface area contributed by atoms with E-state index in [2.05, 4.69) is 15.6 Å². The van der Waals surface area contributed by atoms with Gasteiger partial charge in [-0.1, -0.05) is 31.2 Å². The summed E-state index contributed by atoms with van der Waals surface area (Å²) in [6, 6.07) is 6.00. The van der Waals surface area contributed by atoms with Gasteiger partial charge in [0, 0.05) is 45.9 Å². The van der Waals surface area contributed by atoms with Crippen molar-refractivity contribution in [2.45, 2.75) is 32.9 Å². The Morgan fingerprint density at radius 3 is 2.69 bits per heavy atom. The van der Waals surface area contributed by atoms with Crippen molar-refractivity contribution in [3.63, 3.8) is 0 Å². The van der Waals surface area contributed by atoms with Gasteiger partial charge in [0.2, 0.25) is 5.91 Å². The van der Waals surface area contributed by atoms with E-state index >= 15 is 0 Å². The Hall–Kier alpha value is -2.89. The summed E-state index contributed by atoms with van der Waals surface area (Å²) in [7, 11) is 1.51. The van der Waals surface area contributed by atoms with Crippen LogP contribution in [0, 0.1) is 17.7 Å². The number of methoxy groups -OCH3 is 1. The Labute approximate surface area is 210 Å². The molecule has 2 atom stereocenters. The van der Waals surface area contributed by atoms with Crippen LogP contribution in [0.25, 0.3) is 5.69 Å². The molecule has 1 N–H and O–H groups in total. The molecule has 2 amide bonds. The number of amides is 2. The van der Waals surface area contributed by atoms with Crippen LogP contribution in [-0.4, -0.2) is 95.7 Å². The van der Waals surface area contributed by atoms with Crippen LogP contribution in [0.1, 0.15) is 36.5 Å². The van der Waals surface area contributed by atoms with Crippen molar-refractivity contribution < 1.29 is 23.5 Å². The van der Waals surface area contributed by atoms with Gasteiger partial charge in [-0.05, 0) is 24.5 Å². The first-order valence-electron chi connectivity index (χ1n) is 12.5. The minimum Gasteiger partial charge on any atom is -0.378 e. The number of hydrogen-bond donors (Lipinski definition) is 1. The summed E-state index contributed by atoms with van der Waals surface area (Å²) in [4.78, 5) is 30.7. The fourth-order valence-corrected chi connectivity index (χ4v) is 4.86. The molecule has 2 fully saturated rings. The van der Waals surface area contributed by atoms with Crippen molar-refractivity contribution in [1.29, 1.82) is 0 Å². The predicted octanol–water partition coefficient (Wildman–Crippen LogP) is 1.49. The summed E-state index contributed by atoms with van der Waals surface area (Å²) < 4.78 is 26.6. The lowest BCUT2D eigenvalue weighted by Gasteiger charge is -2.40. The molecule has 1 aromatic heterocycles. The van der Waals surface area contributed by atoms with Gasteiger partial charge in [-0.2, -0.15) is 0 Å². The first kappa shape index (κ1) is 26.2. The number of para-hydroxylation sites is 1. The van der Waals surface area contributed by atoms with Crippen LogP contribution in [0.2, 0.25) is 0 Å². The van der Waals surface area contributed by atoms with E-state index < -0.39 is 5.82 Å². The molecule has 2 aromatic rings. The van der Waals surface area contributed by atoms with Crippen LogP contribution in [0.3, 0.4) is 0 Å². The molecular weight excluding hydrogens is 467 g/mol. The van der Waals surface area contributed by atoms with Gasteiger partial charge in [0.05, 0.1) is 25.7 Å². The quantitative estimate of drug-likeness (QED) is 0.584. The van der Waals surface area contributed by atoms with E-state index in [4.69, 9.17) is 9.47 Å². The van der Waals surface area contributed by atoms with Crippen LogP contribution in [0.15, 0.2) is 24.3 Å². The standard InChI is InChI=1S/C25H35FN6O4/c1-17(2)15-31(19-12-18(13-27-14-19)24(33)30-8-10-36-11-9-30)25(34)23-22(16-35-3)32(29-28-23)21-7-5-4-6-20(21)26/h4-7,17-19,27H,8-16H2,1-3H3/t18-,19+/m1/s1. The van der Waals surface area contributed by atoms with Gasteiger partial charge >= 0.3 is 0 Å². The lowest BCUT2D eigenvalue weighted by Crippen LogP contribution is -2.56. The number of rotatable bonds is 8. The number of morpholine rings is 1. The van der Waals surface area contributed by atoms with Crippen LogP contribution in [0.4, 0.5) is 4.39 Å². The van der Waals surface area contributed by atoms with Gasteiger partial charge in [-0.3, -0.25) is 9.59 Å². The van der Waals surface area contributed by atoms with Gasteiger partial charge < -0.3 is 24.6 Å². The van der Waals surface area contributed by atoms with Gasteiger partial charge in [-0.15, -0.1) is 5.10 Å². The van der Waals surface area contributed by atoms with E-state index in [0.29, 0.717) is 58.1 Å². The van der Waals surface area contributed by atoms with Crippen LogP contribution < -0.4 is 5.32 Å². The molecule has 3 heterocycles. The third-order valence-electron chi connectivity index (χ3n) is 6.59. The van der Waals surface area contributed by atoms with E-state index in [1.807, 2.05) is 18.7 Å². The monoisotopic (exact) mass is 502 g/mol. The number of ether oxygens (including phenoxy) is 2. The molecule has 2 aliphatic rings. The predicted molar refractivity (Wildman–Crippen MR) is 130 cm³/mol. The molecular formula is C25H35FN6O4. The third kappa shape index (κ3) is 5.74. The normalized spacial score (nSPS) is 20.5. The first-order valence-corrected chi connectivity index (χ1v) is 12.5. The second-order valence-electron chi connectivity index (χ2n) is 9.71. The van der Waals surface area contributed by atoms with Crippen molar-refractivity contribution in [3.8, 4) is 5.69 Å². The van der Waals surface area contributed by atoms with E-state index in [0.717, 1.165) is 0 Å². The van der Waals surface area contributed by atoms with E-state index in [1.165, 1.54) is 17.9 Å². The molecule has 10 nitrogen and oxygen atoms in total. The van der Waals surface area contributed by atoms with Crippen LogP contribution >= 0.6 is 0 Å². The maximum atomic E-state index is 14.5. The van der Waals surface area contributed by atoms with Gasteiger partial charge in [0.1, 0.15) is 17.2 Å². The van der Waals surface area contributed by atoms with Gasteiger partial charge in [0.25, 0.3) is 5.91 Å². The summed E-state index contributed by atoms with van der Waals surface area (Å²) in [6.07, 6.45) is 0.558. The first-order chi connectivity index (χ1) is 17.4. The van der Waals surface area contributed by atoms with Crippen LogP contribution in [0.5, 0.6) is 0 Å². The molecule has 4 rings (SSSR count). The number of benzene rings is 1. The molecule has 0 aliphatic carbocycles. The lowest BCUT2D eigenvalue weighted by molar-refractivity contribution is -0.140. The maximum Gasteiger partial charge on any atom is 0.276 e. The van der Waals surface area contributed by atoms with Crippen molar-refractivity contribution in [2.24, 2.45) is 11.8 Å². The minimum atomic E-state index is -0.473. The van der Waals surface area contributed by atoms with Crippen LogP contribution in [-0.2, 0) is 20.9 Å². The number of carbonyl (C=O) groups excluding carboxylic acids is 2. The lowest BCUT2D eigenvalue weighted by atomic mass is 9.92. The second kappa shape index (κ2) is 11.9. The number of nitrogens with zero attached hydrogens (tertiary/aromatic N) is 5. The Balaban J connectivity index is 1.60. The highest BCUT2D eigenvalue weighted by atomic mass is 19.1. The number of piperidine rings is 1. The molecule has 0 saturated carbocycles. The summed E-state index contributed by atoms with van der Waals surface area (Å²) >= 11 is 0. The molecule has 0 radical (unpaired) electrons. The Morgan fingerprint density at radius 1 is 1.25 bits per heavy atom. The zero-order valence-electron chi connectivity index (χ0n) is 21.2. The van der Waals surface area contributed by atoms with E-state index in [1.54, 1.807) is 23.1 Å². The maximum absolute atomic E-state index is 14.5. The molecule has 11 heteroatoms. The zero-order chi connectivity index (χ0) is 25.7. The number of carbonyl (C=O) groups is 2. The molecule has 36 heavy (non-hydrogen) atoms. The van der Waals surface area contributed by atoms with E-state index in [-0.39, 0.29) is 47.7 Å². The topological polar surface area (TPSA) is 102 Å². The summed E-state index contributed by atoms with van der Waals surface area (Å²) in [5.41, 5.74) is 0.704. The Bertz CT molecular complexity index is 1050. The highest BCUT2D eigenvalue weighted by Crippen LogP contribution is 2.24. The average Bonchev–Trinajstić information content (AvgIpc) is 3.30. The molecule has 196 valence electrons. The average molecular weight is 503 g/mol. The smallest absolute Gasteiger partial charge is 0.276 e. The van der Waals surface area contributed by atoms with Crippen molar-refractivity contribution in [3.05, 3.63) is 41.5 Å². The second-order valence-corrected chi connectivity index (χ2v) is 9.71. The number of nitrogens with one attached hydrogen (secondary N) is 1. The van der Waals surface area contributed by atoms with E-state index in [9.17, 15) is 14.0 Å². The number of halogens is 1. The zero-order valence-corrected chi connectivity index (χ0v) is 21.2. The summed E-state index contributed by atoms with van der Waals surface area (Å²) in [5.74, 6) is -0.713. The van der Waals surface area contributed by atoms with Crippen molar-refractivity contribution >= 4 is 11.8 Å². The highest BCUT2D eigenvalue weighted by Gasteiger charge is 2.37. The van der Waals surface area contributed by atoms with Gasteiger partial charge in [0.15, 0.2) is 5.69 Å². The molecule has 0 unspecified atom stereocenters. The molecule has 2 saturated heterocycles. The Morgan fingerprint density at radius 2 is 2.00 bits per heavy atom. The fraction of sp³-hybridized carbons (Fsp3) is 0.600. The highest BCUT2D eigenvalue weighted by molar-refractivity contribution is 5.93. The minimum absolute atomic E-state index is 0.0407. The van der Waals surface area contributed by atoms with Crippen molar-refractivity contribution in [1.82, 2.24) is 30.1 Å². The fourth-order valence-electron chi connectivity index (χ4n) is 4.86. The molecule has 2 aliphatic heterocycles.